The fourth-order valence-corrected chi connectivity index (χ4v) is 4.23. The second kappa shape index (κ2) is 6.92. The number of ether oxygens (including phenoxy) is 1. The van der Waals surface area contributed by atoms with Crippen molar-refractivity contribution in [2.45, 2.75) is 58.1 Å². The zero-order valence-electron chi connectivity index (χ0n) is 15.2. The van der Waals surface area contributed by atoms with Crippen LogP contribution in [-0.4, -0.2) is 40.3 Å². The van der Waals surface area contributed by atoms with Gasteiger partial charge in [-0.3, -0.25) is 4.90 Å². The molecular formula is C19H27N3O3. The Morgan fingerprint density at radius 1 is 1.24 bits per heavy atom. The summed E-state index contributed by atoms with van der Waals surface area (Å²) in [5.74, 6) is 4.11. The van der Waals surface area contributed by atoms with E-state index in [4.69, 9.17) is 13.7 Å². The van der Waals surface area contributed by atoms with Gasteiger partial charge in [0.15, 0.2) is 5.82 Å². The number of hydrogen-bond donors (Lipinski definition) is 0. The van der Waals surface area contributed by atoms with Gasteiger partial charge in [-0.1, -0.05) is 5.16 Å². The largest absolute Gasteiger partial charge is 0.465 e. The molecule has 1 atom stereocenters. The molecule has 136 valence electrons. The van der Waals surface area contributed by atoms with E-state index in [1.165, 1.54) is 0 Å². The molecule has 6 nitrogen and oxygen atoms in total. The number of rotatable bonds is 4. The van der Waals surface area contributed by atoms with Gasteiger partial charge in [0, 0.05) is 26.1 Å². The quantitative estimate of drug-likeness (QED) is 0.847. The summed E-state index contributed by atoms with van der Waals surface area (Å²) >= 11 is 0. The third kappa shape index (κ3) is 3.96. The zero-order valence-corrected chi connectivity index (χ0v) is 15.2. The Morgan fingerprint density at radius 2 is 2.08 bits per heavy atom. The highest BCUT2D eigenvalue weighted by molar-refractivity contribution is 5.06. The van der Waals surface area contributed by atoms with Crippen molar-refractivity contribution >= 4 is 0 Å². The molecule has 2 fully saturated rings. The fraction of sp³-hybridized carbons (Fsp3) is 0.684. The maximum absolute atomic E-state index is 6.27. The topological polar surface area (TPSA) is 64.5 Å². The van der Waals surface area contributed by atoms with Gasteiger partial charge in [0.1, 0.15) is 11.5 Å². The second-order valence-electron chi connectivity index (χ2n) is 7.62. The maximum Gasteiger partial charge on any atom is 0.226 e. The molecule has 0 N–H and O–H groups in total. The SMILES string of the molecule is Cc1noc(CC2CCOC3(CCN(Cc4ccc(C)o4)CC3)C2)n1. The number of hydrogen-bond acceptors (Lipinski definition) is 6. The van der Waals surface area contributed by atoms with Crippen molar-refractivity contribution in [3.63, 3.8) is 0 Å². The summed E-state index contributed by atoms with van der Waals surface area (Å²) in [5, 5.41) is 3.90. The first-order chi connectivity index (χ1) is 12.1. The number of aryl methyl sites for hydroxylation is 2. The van der Waals surface area contributed by atoms with E-state index in [2.05, 4.69) is 21.1 Å². The molecule has 0 saturated carbocycles. The van der Waals surface area contributed by atoms with E-state index in [1.54, 1.807) is 0 Å². The van der Waals surface area contributed by atoms with Crippen molar-refractivity contribution in [3.05, 3.63) is 35.4 Å². The zero-order chi connectivity index (χ0) is 17.3. The minimum absolute atomic E-state index is 0.0353. The molecule has 0 radical (unpaired) electrons. The van der Waals surface area contributed by atoms with E-state index in [1.807, 2.05) is 19.9 Å². The molecule has 1 spiro atoms. The standard InChI is InChI=1S/C19H27N3O3/c1-14-3-4-17(24-14)13-22-8-6-19(7-9-22)12-16(5-10-23-19)11-18-20-15(2)21-25-18/h3-4,16H,5-13H2,1-2H3. The van der Waals surface area contributed by atoms with Crippen molar-refractivity contribution in [2.24, 2.45) is 5.92 Å². The predicted octanol–water partition coefficient (Wildman–Crippen LogP) is 3.28. The van der Waals surface area contributed by atoms with Crippen molar-refractivity contribution < 1.29 is 13.7 Å². The van der Waals surface area contributed by atoms with Crippen molar-refractivity contribution in [1.29, 1.82) is 0 Å². The number of nitrogens with zero attached hydrogens (tertiary/aromatic N) is 3. The van der Waals surface area contributed by atoms with Crippen molar-refractivity contribution in [1.82, 2.24) is 15.0 Å². The Labute approximate surface area is 148 Å². The van der Waals surface area contributed by atoms with Gasteiger partial charge in [-0.05, 0) is 57.6 Å². The number of aromatic nitrogens is 2. The van der Waals surface area contributed by atoms with E-state index < -0.39 is 0 Å². The average molecular weight is 345 g/mol. The van der Waals surface area contributed by atoms with Crippen molar-refractivity contribution in [3.8, 4) is 0 Å². The third-order valence-electron chi connectivity index (χ3n) is 5.57. The second-order valence-corrected chi connectivity index (χ2v) is 7.62. The van der Waals surface area contributed by atoms with Gasteiger partial charge in [-0.15, -0.1) is 0 Å². The molecule has 2 aliphatic rings. The van der Waals surface area contributed by atoms with E-state index in [0.717, 1.165) is 81.6 Å². The van der Waals surface area contributed by atoms with E-state index in [-0.39, 0.29) is 5.60 Å². The lowest BCUT2D eigenvalue weighted by Crippen LogP contribution is -2.49. The minimum Gasteiger partial charge on any atom is -0.465 e. The summed E-state index contributed by atoms with van der Waals surface area (Å²) in [7, 11) is 0. The molecule has 0 aromatic carbocycles. The van der Waals surface area contributed by atoms with Gasteiger partial charge in [0.05, 0.1) is 12.1 Å². The van der Waals surface area contributed by atoms with Crippen LogP contribution in [0, 0.1) is 19.8 Å². The lowest BCUT2D eigenvalue weighted by Gasteiger charge is -2.46. The first-order valence-corrected chi connectivity index (χ1v) is 9.31. The van der Waals surface area contributed by atoms with E-state index >= 15 is 0 Å². The van der Waals surface area contributed by atoms with Gasteiger partial charge in [-0.25, -0.2) is 0 Å². The first-order valence-electron chi connectivity index (χ1n) is 9.31. The van der Waals surface area contributed by atoms with Crippen LogP contribution in [0.15, 0.2) is 21.1 Å². The molecule has 2 aromatic rings. The number of piperidine rings is 1. The summed E-state index contributed by atoms with van der Waals surface area (Å²) in [4.78, 5) is 6.83. The Balaban J connectivity index is 1.32. The molecule has 0 bridgehead atoms. The van der Waals surface area contributed by atoms with Crippen LogP contribution in [0.2, 0.25) is 0 Å². The molecule has 2 aliphatic heterocycles. The summed E-state index contributed by atoms with van der Waals surface area (Å²) in [5.41, 5.74) is 0.0353. The molecule has 0 aliphatic carbocycles. The van der Waals surface area contributed by atoms with Crippen LogP contribution in [0.25, 0.3) is 0 Å². The van der Waals surface area contributed by atoms with Crippen LogP contribution in [0.4, 0.5) is 0 Å². The van der Waals surface area contributed by atoms with Crippen LogP contribution >= 0.6 is 0 Å². The highest BCUT2D eigenvalue weighted by atomic mass is 16.5. The fourth-order valence-electron chi connectivity index (χ4n) is 4.23. The first kappa shape index (κ1) is 16.8. The smallest absolute Gasteiger partial charge is 0.226 e. The molecule has 0 amide bonds. The number of likely N-dealkylation sites (tertiary alicyclic amines) is 1. The maximum atomic E-state index is 6.27. The normalized spacial score (nSPS) is 24.0. The molecule has 2 aromatic heterocycles. The van der Waals surface area contributed by atoms with E-state index in [9.17, 15) is 0 Å². The van der Waals surface area contributed by atoms with Crippen LogP contribution < -0.4 is 0 Å². The summed E-state index contributed by atoms with van der Waals surface area (Å²) in [6.45, 7) is 7.73. The monoisotopic (exact) mass is 345 g/mol. The lowest BCUT2D eigenvalue weighted by molar-refractivity contribution is -0.128. The summed E-state index contributed by atoms with van der Waals surface area (Å²) < 4.78 is 17.3. The molecule has 25 heavy (non-hydrogen) atoms. The van der Waals surface area contributed by atoms with Crippen LogP contribution in [-0.2, 0) is 17.7 Å². The van der Waals surface area contributed by atoms with Crippen molar-refractivity contribution in [2.75, 3.05) is 19.7 Å². The third-order valence-corrected chi connectivity index (χ3v) is 5.57. The van der Waals surface area contributed by atoms with Crippen LogP contribution in [0.5, 0.6) is 0 Å². The van der Waals surface area contributed by atoms with E-state index in [0.29, 0.717) is 5.92 Å². The van der Waals surface area contributed by atoms with Gasteiger partial charge in [0.2, 0.25) is 5.89 Å². The highest BCUT2D eigenvalue weighted by Crippen LogP contribution is 2.39. The van der Waals surface area contributed by atoms with Gasteiger partial charge < -0.3 is 13.7 Å². The average Bonchev–Trinajstić information content (AvgIpc) is 3.18. The number of furan rings is 1. The van der Waals surface area contributed by atoms with Gasteiger partial charge >= 0.3 is 0 Å². The predicted molar refractivity (Wildman–Crippen MR) is 92.1 cm³/mol. The highest BCUT2D eigenvalue weighted by Gasteiger charge is 2.40. The summed E-state index contributed by atoms with van der Waals surface area (Å²) in [6.07, 6.45) is 5.24. The summed E-state index contributed by atoms with van der Waals surface area (Å²) in [6, 6.07) is 4.12. The Morgan fingerprint density at radius 3 is 2.76 bits per heavy atom. The Bertz CT molecular complexity index is 700. The minimum atomic E-state index is 0.0353. The molecule has 4 rings (SSSR count). The Kier molecular flexibility index (Phi) is 4.65. The Hall–Kier alpha value is -1.66. The van der Waals surface area contributed by atoms with Crippen LogP contribution in [0.1, 0.15) is 48.9 Å². The molecule has 4 heterocycles. The molecule has 2 saturated heterocycles. The molecule has 1 unspecified atom stereocenters. The van der Waals surface area contributed by atoms with Crippen LogP contribution in [0.3, 0.4) is 0 Å². The molecular weight excluding hydrogens is 318 g/mol. The molecule has 6 heteroatoms. The van der Waals surface area contributed by atoms with Gasteiger partial charge in [-0.2, -0.15) is 4.98 Å². The lowest BCUT2D eigenvalue weighted by atomic mass is 9.78. The van der Waals surface area contributed by atoms with Gasteiger partial charge in [0.25, 0.3) is 0 Å².